The van der Waals surface area contributed by atoms with Crippen LogP contribution in [-0.4, -0.2) is 61.6 Å². The van der Waals surface area contributed by atoms with Gasteiger partial charge in [-0.25, -0.2) is 0 Å². The van der Waals surface area contributed by atoms with Gasteiger partial charge in [-0.3, -0.25) is 4.55 Å². The van der Waals surface area contributed by atoms with Gasteiger partial charge in [-0.15, -0.1) is 40.6 Å². The number of nitrogens with zero attached hydrogens (tertiary/aromatic N) is 9. The highest BCUT2D eigenvalue weighted by Crippen LogP contribution is 2.41. The fourth-order valence-corrected chi connectivity index (χ4v) is 6.90. The highest BCUT2D eigenvalue weighted by molar-refractivity contribution is 7.86. The van der Waals surface area contributed by atoms with Crippen LogP contribution in [0.25, 0.3) is 10.8 Å². The lowest BCUT2D eigenvalue weighted by Crippen LogP contribution is -2.01. The van der Waals surface area contributed by atoms with Crippen LogP contribution in [-0.2, 0) is 42.7 Å². The molecule has 0 amide bonds. The van der Waals surface area contributed by atoms with Gasteiger partial charge in [0.1, 0.15) is 27.7 Å². The molecule has 362 valence electrons. The van der Waals surface area contributed by atoms with Crippen LogP contribution in [0.2, 0.25) is 0 Å². The lowest BCUT2D eigenvalue weighted by atomic mass is 10.1. The number of hydrogen-bond donors (Lipinski definition) is 4. The molecule has 0 heterocycles. The van der Waals surface area contributed by atoms with Gasteiger partial charge in [0.05, 0.1) is 42.2 Å². The second-order valence-electron chi connectivity index (χ2n) is 14.3. The number of ether oxygens (including phenoxy) is 1. The number of aliphatic hydroxyl groups excluding tert-OH is 1. The van der Waals surface area contributed by atoms with Crippen molar-refractivity contribution in [2.24, 2.45) is 40.9 Å². The van der Waals surface area contributed by atoms with Crippen LogP contribution >= 0.6 is 0 Å². The molecule has 7 aromatic carbocycles. The number of fused-ring (bicyclic) bond motifs is 1. The predicted molar refractivity (Wildman–Crippen MR) is 257 cm³/mol. The molecule has 0 radical (unpaired) electrons. The van der Waals surface area contributed by atoms with Gasteiger partial charge in [0, 0.05) is 47.0 Å². The van der Waals surface area contributed by atoms with E-state index in [1.54, 1.807) is 116 Å². The zero-order chi connectivity index (χ0) is 51.8. The number of isocyanates is 1. The van der Waals surface area contributed by atoms with Gasteiger partial charge < -0.3 is 20.7 Å². The molecule has 7 rings (SSSR count). The van der Waals surface area contributed by atoms with Crippen molar-refractivity contribution in [3.05, 3.63) is 144 Å². The zero-order valence-corrected chi connectivity index (χ0v) is 39.5. The number of hydrogen-bond acceptors (Lipinski definition) is 21. The van der Waals surface area contributed by atoms with Gasteiger partial charge in [-0.2, -0.15) is 38.8 Å². The molecule has 0 bridgehead atoms. The Balaban J connectivity index is 0.00000109. The number of phenolic OH excluding ortho intramolecular Hbond substituents is 1. The van der Waals surface area contributed by atoms with Crippen LogP contribution in [0.4, 0.5) is 62.6 Å². The Kier molecular flexibility index (Phi) is 18.2. The van der Waals surface area contributed by atoms with Gasteiger partial charge >= 0.3 is 27.3 Å². The number of nitrogen functional groups attached to an aromatic ring is 1. The number of anilines is 1. The highest BCUT2D eigenvalue weighted by Gasteiger charge is 2.18. The molecule has 0 aliphatic carbocycles. The van der Waals surface area contributed by atoms with Crippen molar-refractivity contribution in [1.29, 1.82) is 0 Å². The Labute approximate surface area is 406 Å². The molecule has 23 nitrogen and oxygen atoms in total. The number of carbonyl (C=O) groups excluding carboxylic acids is 1. The van der Waals surface area contributed by atoms with E-state index in [0.717, 1.165) is 5.56 Å². The molecule has 0 unspecified atom stereocenters. The fourth-order valence-electron chi connectivity index (χ4n) is 6.27. The second kappa shape index (κ2) is 24.4. The Hall–Kier alpha value is -8.91. The molecule has 0 saturated heterocycles. The van der Waals surface area contributed by atoms with Crippen molar-refractivity contribution in [3.8, 4) is 11.5 Å². The number of methoxy groups -OCH3 is 1. The molecule has 0 atom stereocenters. The molecule has 5 N–H and O–H groups in total. The molecule has 7 aromatic rings. The van der Waals surface area contributed by atoms with Gasteiger partial charge in [0.15, 0.2) is 5.75 Å². The highest BCUT2D eigenvalue weighted by atomic mass is 32.2. The number of aryl methyl sites for hydroxylation is 2. The van der Waals surface area contributed by atoms with Crippen LogP contribution in [0.5, 0.6) is 11.5 Å². The summed E-state index contributed by atoms with van der Waals surface area (Å²) in [5, 5.41) is 56.7. The first-order valence-corrected chi connectivity index (χ1v) is 23.3. The summed E-state index contributed by atoms with van der Waals surface area (Å²) in [7, 11) is -9.23. The molecule has 71 heavy (non-hydrogen) atoms. The SMILES string of the molecule is COc1cc(N=Nc2ccc(N=Nc3ccc(N=Nc4ccccc4S(=O)(=O)O)c(C)c3)c(C)c2)c(CO)cc1N=Nc1ccc2cc([N+](=C=O)c3ccc(N)cc3)ccc2c1O.O=S(=O)=O.O=S(=O)=O. The van der Waals surface area contributed by atoms with Gasteiger partial charge in [-0.1, -0.05) is 22.8 Å². The summed E-state index contributed by atoms with van der Waals surface area (Å²) >= 11 is 0. The lowest BCUT2D eigenvalue weighted by molar-refractivity contribution is 0.282. The van der Waals surface area contributed by atoms with E-state index in [1.165, 1.54) is 29.9 Å². The number of phenols is 1. The van der Waals surface area contributed by atoms with Crippen LogP contribution < -0.4 is 15.0 Å². The largest absolute Gasteiger partial charge is 0.505 e. The summed E-state index contributed by atoms with van der Waals surface area (Å²) in [5.74, 6) is 0.171. The summed E-state index contributed by atoms with van der Waals surface area (Å²) in [4.78, 5) is 11.5. The van der Waals surface area contributed by atoms with E-state index in [0.29, 0.717) is 73.1 Å². The molecular weight excluding hydrogens is 985 g/mol. The van der Waals surface area contributed by atoms with Gasteiger partial charge in [0.25, 0.3) is 10.1 Å². The van der Waals surface area contributed by atoms with Crippen molar-refractivity contribution >= 4 is 111 Å². The minimum absolute atomic E-state index is 0.00483. The smallest absolute Gasteiger partial charge is 0.437 e. The fraction of sp³-hybridized carbons (Fsp3) is 0.0889. The maximum absolute atomic E-state index is 11.9. The third kappa shape index (κ3) is 14.8. The summed E-state index contributed by atoms with van der Waals surface area (Å²) in [6.07, 6.45) is 1.93. The first kappa shape index (κ1) is 53.1. The number of nitrogens with two attached hydrogens (primary N) is 1. The van der Waals surface area contributed by atoms with Crippen molar-refractivity contribution in [3.63, 3.8) is 0 Å². The molecule has 0 fully saturated rings. The zero-order valence-electron chi connectivity index (χ0n) is 37.1. The third-order valence-electron chi connectivity index (χ3n) is 9.59. The number of azo groups is 4. The molecule has 0 aromatic heterocycles. The normalized spacial score (nSPS) is 11.3. The Morgan fingerprint density at radius 3 is 1.66 bits per heavy atom. The van der Waals surface area contributed by atoms with Crippen molar-refractivity contribution in [1.82, 2.24) is 4.58 Å². The van der Waals surface area contributed by atoms with Crippen LogP contribution in [0, 0.1) is 13.8 Å². The summed E-state index contributed by atoms with van der Waals surface area (Å²) in [5.41, 5.74) is 12.3. The van der Waals surface area contributed by atoms with Crippen LogP contribution in [0.1, 0.15) is 16.7 Å². The average Bonchev–Trinajstić information content (AvgIpc) is 3.32. The Morgan fingerprint density at radius 1 is 0.606 bits per heavy atom. The van der Waals surface area contributed by atoms with Crippen molar-refractivity contribution < 1.29 is 58.0 Å². The molecule has 0 spiro atoms. The Morgan fingerprint density at radius 2 is 1.11 bits per heavy atom. The minimum Gasteiger partial charge on any atom is -0.505 e. The Bertz CT molecular complexity index is 3640. The molecule has 0 saturated carbocycles. The molecular formula is C45H37N10O13S3+. The van der Waals surface area contributed by atoms with E-state index in [4.69, 9.17) is 35.7 Å². The van der Waals surface area contributed by atoms with E-state index in [9.17, 15) is 28.0 Å². The third-order valence-corrected chi connectivity index (χ3v) is 10.5. The van der Waals surface area contributed by atoms with E-state index >= 15 is 0 Å². The maximum Gasteiger partial charge on any atom is 0.437 e. The van der Waals surface area contributed by atoms with E-state index in [-0.39, 0.29) is 34.3 Å². The summed E-state index contributed by atoms with van der Waals surface area (Å²) in [6, 6.07) is 34.5. The summed E-state index contributed by atoms with van der Waals surface area (Å²) in [6.45, 7) is 3.26. The number of aliphatic hydroxyl groups is 1. The second-order valence-corrected chi connectivity index (χ2v) is 16.5. The monoisotopic (exact) mass is 1020 g/mol. The van der Waals surface area contributed by atoms with Gasteiger partial charge in [-0.05, 0) is 109 Å². The van der Waals surface area contributed by atoms with E-state index < -0.39 is 31.3 Å². The standard InChI is InChI=1S/C45H36N10O7S.2O3S/c1-27-20-33(11-18-37(27)49-47-32-12-19-38(28(2)21-32)50-51-39-6-4-5-7-44(39)63(59,60)61)48-53-41-24-43(62-3)42(23-30(41)25-56)54-52-40-17-8-29-22-35(15-16-36(29)45(40)58)55(26-57)34-13-9-31(46)10-14-34;2*1-4(2)3/h4-24,56H,25,46H2,1-3H3,(H-,47,48,51,54,58,59,60,61);;/p+1. The molecule has 26 heteroatoms. The summed E-state index contributed by atoms with van der Waals surface area (Å²) < 4.78 is 90.4. The predicted octanol–water partition coefficient (Wildman–Crippen LogP) is 10.3. The minimum atomic E-state index is -4.47. The lowest BCUT2D eigenvalue weighted by Gasteiger charge is -2.09. The number of aromatic hydroxyl groups is 1. The first-order valence-electron chi connectivity index (χ1n) is 19.9. The van der Waals surface area contributed by atoms with Crippen molar-refractivity contribution in [2.45, 2.75) is 25.3 Å². The van der Waals surface area contributed by atoms with Gasteiger partial charge in [0.2, 0.25) is 11.4 Å². The maximum atomic E-state index is 11.9. The molecule has 0 aliphatic heterocycles. The first-order chi connectivity index (χ1) is 33.8. The van der Waals surface area contributed by atoms with E-state index in [2.05, 4.69) is 40.9 Å². The van der Waals surface area contributed by atoms with Crippen LogP contribution in [0.3, 0.4) is 0 Å². The topological polar surface area (TPSA) is 351 Å². The number of rotatable bonds is 13. The number of benzene rings is 7. The molecule has 0 aliphatic rings. The van der Waals surface area contributed by atoms with Crippen LogP contribution in [0.15, 0.2) is 173 Å². The van der Waals surface area contributed by atoms with E-state index in [1.807, 2.05) is 13.0 Å². The quantitative estimate of drug-likeness (QED) is 0.0208. The average molecular weight is 1020 g/mol. The van der Waals surface area contributed by atoms with Crippen molar-refractivity contribution in [2.75, 3.05) is 12.8 Å².